The third kappa shape index (κ3) is 6.46. The normalized spacial score (nSPS) is 17.9. The topological polar surface area (TPSA) is 98.9 Å². The highest BCUT2D eigenvalue weighted by Crippen LogP contribution is 2.39. The zero-order valence-corrected chi connectivity index (χ0v) is 27.0. The lowest BCUT2D eigenvalue weighted by Crippen LogP contribution is -2.53. The maximum absolute atomic E-state index is 11.6. The van der Waals surface area contributed by atoms with Gasteiger partial charge in [0.25, 0.3) is 0 Å². The van der Waals surface area contributed by atoms with Gasteiger partial charge in [-0.05, 0) is 94.3 Å². The van der Waals surface area contributed by atoms with Gasteiger partial charge < -0.3 is 19.3 Å². The number of carboxylic acids is 1. The standard InChI is InChI=1S/C36H42N4O5/c1-23-9-7-10-28(30-11-8-12-31(38-30)40-33(43-6)29(20-37-40)34(41)42)32(23)44-22-24-13-14-26-21-39(16-15-25(26)17-24)27-18-35(2,3)45-36(4,5)19-27/h7-14,17,20,27H,15-16,18-19,21-22H2,1-6H3,(H,41,42). The molecule has 0 amide bonds. The number of hydrogen-bond acceptors (Lipinski definition) is 7. The van der Waals surface area contributed by atoms with Crippen LogP contribution in [0.1, 0.15) is 73.1 Å². The van der Waals surface area contributed by atoms with Gasteiger partial charge in [-0.25, -0.2) is 9.78 Å². The van der Waals surface area contributed by atoms with E-state index in [1.165, 1.54) is 29.1 Å². The Bertz CT molecular complexity index is 1710. The van der Waals surface area contributed by atoms with Crippen LogP contribution >= 0.6 is 0 Å². The van der Waals surface area contributed by atoms with E-state index in [-0.39, 0.29) is 22.6 Å². The summed E-state index contributed by atoms with van der Waals surface area (Å²) in [4.78, 5) is 19.1. The van der Waals surface area contributed by atoms with Crippen molar-refractivity contribution < 1.29 is 24.1 Å². The minimum absolute atomic E-state index is 0.0291. The average Bonchev–Trinajstić information content (AvgIpc) is 3.43. The van der Waals surface area contributed by atoms with E-state index in [1.807, 2.05) is 37.3 Å². The molecule has 236 valence electrons. The van der Waals surface area contributed by atoms with E-state index in [0.29, 0.717) is 24.2 Å². The van der Waals surface area contributed by atoms with Crippen LogP contribution in [0.2, 0.25) is 0 Å². The fourth-order valence-electron chi connectivity index (χ4n) is 7.06. The van der Waals surface area contributed by atoms with Crippen LogP contribution in [-0.4, -0.2) is 61.6 Å². The summed E-state index contributed by atoms with van der Waals surface area (Å²) in [5.74, 6) is 0.203. The summed E-state index contributed by atoms with van der Waals surface area (Å²) >= 11 is 0. The van der Waals surface area contributed by atoms with Crippen LogP contribution in [0.15, 0.2) is 60.8 Å². The highest BCUT2D eigenvalue weighted by molar-refractivity contribution is 5.90. The summed E-state index contributed by atoms with van der Waals surface area (Å²) in [7, 11) is 1.42. The summed E-state index contributed by atoms with van der Waals surface area (Å²) in [5, 5.41) is 13.7. The number of carboxylic acid groups (broad SMARTS) is 1. The molecule has 0 aliphatic carbocycles. The summed E-state index contributed by atoms with van der Waals surface area (Å²) in [5.41, 5.74) is 6.19. The minimum Gasteiger partial charge on any atom is -0.488 e. The fraction of sp³-hybridized carbons (Fsp3) is 0.417. The molecule has 0 saturated carbocycles. The maximum atomic E-state index is 11.6. The van der Waals surface area contributed by atoms with Crippen molar-refractivity contribution in [3.05, 3.63) is 88.6 Å². The van der Waals surface area contributed by atoms with Crippen molar-refractivity contribution >= 4 is 5.97 Å². The van der Waals surface area contributed by atoms with Crippen LogP contribution < -0.4 is 9.47 Å². The number of benzene rings is 2. The van der Waals surface area contributed by atoms with Gasteiger partial charge in [0, 0.05) is 24.7 Å². The molecule has 4 aromatic rings. The van der Waals surface area contributed by atoms with Crippen LogP contribution in [0.3, 0.4) is 0 Å². The molecule has 0 radical (unpaired) electrons. The largest absolute Gasteiger partial charge is 0.488 e. The highest BCUT2D eigenvalue weighted by Gasteiger charge is 2.41. The molecule has 0 spiro atoms. The third-order valence-corrected chi connectivity index (χ3v) is 8.81. The fourth-order valence-corrected chi connectivity index (χ4v) is 7.06. The Hall–Kier alpha value is -4.21. The molecule has 45 heavy (non-hydrogen) atoms. The lowest BCUT2D eigenvalue weighted by atomic mass is 9.83. The van der Waals surface area contributed by atoms with E-state index in [2.05, 4.69) is 55.9 Å². The first-order valence-electron chi connectivity index (χ1n) is 15.5. The van der Waals surface area contributed by atoms with Gasteiger partial charge in [0.05, 0.1) is 30.2 Å². The monoisotopic (exact) mass is 610 g/mol. The second-order valence-electron chi connectivity index (χ2n) is 13.4. The molecule has 2 aliphatic rings. The first-order chi connectivity index (χ1) is 21.4. The molecular formula is C36H42N4O5. The van der Waals surface area contributed by atoms with Gasteiger partial charge in [-0.15, -0.1) is 0 Å². The predicted octanol–water partition coefficient (Wildman–Crippen LogP) is 6.62. The van der Waals surface area contributed by atoms with Crippen LogP contribution in [0, 0.1) is 6.92 Å². The number of nitrogens with zero attached hydrogens (tertiary/aromatic N) is 4. The molecule has 0 atom stereocenters. The SMILES string of the molecule is COc1c(C(=O)O)cnn1-c1cccc(-c2cccc(C)c2OCc2ccc3c(c2)CCN(C2CC(C)(C)OC(C)(C)C2)C3)n1. The summed E-state index contributed by atoms with van der Waals surface area (Å²) < 4.78 is 19.6. The van der Waals surface area contributed by atoms with Gasteiger partial charge in [0.15, 0.2) is 5.82 Å². The Morgan fingerprint density at radius 3 is 2.53 bits per heavy atom. The molecular weight excluding hydrogens is 568 g/mol. The van der Waals surface area contributed by atoms with Crippen LogP contribution in [0.4, 0.5) is 0 Å². The molecule has 2 aromatic carbocycles. The second kappa shape index (κ2) is 11.9. The predicted molar refractivity (Wildman–Crippen MR) is 172 cm³/mol. The van der Waals surface area contributed by atoms with Crippen molar-refractivity contribution in [1.82, 2.24) is 19.7 Å². The quantitative estimate of drug-likeness (QED) is 0.238. The number of aryl methyl sites for hydroxylation is 1. The molecule has 2 aliphatic heterocycles. The highest BCUT2D eigenvalue weighted by atomic mass is 16.5. The number of fused-ring (bicyclic) bond motifs is 1. The summed E-state index contributed by atoms with van der Waals surface area (Å²) in [6.45, 7) is 13.3. The van der Waals surface area contributed by atoms with E-state index in [4.69, 9.17) is 19.2 Å². The summed E-state index contributed by atoms with van der Waals surface area (Å²) in [6.07, 6.45) is 4.38. The summed E-state index contributed by atoms with van der Waals surface area (Å²) in [6, 6.07) is 18.8. The first kappa shape index (κ1) is 30.8. The van der Waals surface area contributed by atoms with Gasteiger partial charge in [-0.2, -0.15) is 9.78 Å². The molecule has 1 N–H and O–H groups in total. The Labute approximate surface area is 264 Å². The van der Waals surface area contributed by atoms with E-state index < -0.39 is 5.97 Å². The molecule has 0 bridgehead atoms. The number of ether oxygens (including phenoxy) is 3. The Kier molecular flexibility index (Phi) is 8.18. The second-order valence-corrected chi connectivity index (χ2v) is 13.4. The maximum Gasteiger partial charge on any atom is 0.342 e. The lowest BCUT2D eigenvalue weighted by molar-refractivity contribution is -0.178. The first-order valence-corrected chi connectivity index (χ1v) is 15.5. The van der Waals surface area contributed by atoms with Crippen LogP contribution in [0.25, 0.3) is 17.1 Å². The van der Waals surface area contributed by atoms with Crippen molar-refractivity contribution in [3.8, 4) is 28.7 Å². The molecule has 0 unspecified atom stereocenters. The van der Waals surface area contributed by atoms with E-state index in [1.54, 1.807) is 6.07 Å². The number of aromatic nitrogens is 3. The number of methoxy groups -OCH3 is 1. The zero-order valence-electron chi connectivity index (χ0n) is 27.0. The van der Waals surface area contributed by atoms with E-state index in [0.717, 1.165) is 54.8 Å². The van der Waals surface area contributed by atoms with Crippen LogP contribution in [0.5, 0.6) is 11.6 Å². The zero-order chi connectivity index (χ0) is 31.9. The molecule has 6 rings (SSSR count). The minimum atomic E-state index is -1.12. The average molecular weight is 611 g/mol. The third-order valence-electron chi connectivity index (χ3n) is 8.81. The number of rotatable bonds is 8. The molecule has 1 saturated heterocycles. The van der Waals surface area contributed by atoms with Gasteiger partial charge in [-0.3, -0.25) is 4.90 Å². The van der Waals surface area contributed by atoms with Gasteiger partial charge in [-0.1, -0.05) is 36.4 Å². The van der Waals surface area contributed by atoms with Gasteiger partial charge in [0.1, 0.15) is 17.9 Å². The lowest BCUT2D eigenvalue weighted by Gasteiger charge is -2.49. The van der Waals surface area contributed by atoms with Crippen molar-refractivity contribution in [2.45, 2.75) is 84.3 Å². The molecule has 4 heterocycles. The van der Waals surface area contributed by atoms with Gasteiger partial charge >= 0.3 is 5.97 Å². The smallest absolute Gasteiger partial charge is 0.342 e. The Balaban J connectivity index is 1.19. The van der Waals surface area contributed by atoms with Crippen molar-refractivity contribution in [2.24, 2.45) is 0 Å². The Morgan fingerprint density at radius 2 is 1.80 bits per heavy atom. The molecule has 2 aromatic heterocycles. The Morgan fingerprint density at radius 1 is 1.04 bits per heavy atom. The number of aromatic carboxylic acids is 1. The van der Waals surface area contributed by atoms with Crippen LogP contribution in [-0.2, 0) is 24.3 Å². The molecule has 9 nitrogen and oxygen atoms in total. The van der Waals surface area contributed by atoms with E-state index in [9.17, 15) is 9.90 Å². The van der Waals surface area contributed by atoms with Crippen molar-refractivity contribution in [3.63, 3.8) is 0 Å². The van der Waals surface area contributed by atoms with Crippen molar-refractivity contribution in [1.29, 1.82) is 0 Å². The van der Waals surface area contributed by atoms with Crippen molar-refractivity contribution in [2.75, 3.05) is 13.7 Å². The van der Waals surface area contributed by atoms with E-state index >= 15 is 0 Å². The number of hydrogen-bond donors (Lipinski definition) is 1. The number of carbonyl (C=O) groups is 1. The molecule has 1 fully saturated rings. The molecule has 9 heteroatoms. The van der Waals surface area contributed by atoms with Gasteiger partial charge in [0.2, 0.25) is 5.88 Å². The number of pyridine rings is 1. The number of para-hydroxylation sites is 1.